The first-order valence-corrected chi connectivity index (χ1v) is 16.3. The first-order valence-electron chi connectivity index (χ1n) is 15.4. The molecule has 8 aromatic carbocycles. The lowest BCUT2D eigenvalue weighted by atomic mass is 9.82. The van der Waals surface area contributed by atoms with Crippen LogP contribution in [0.25, 0.3) is 86.2 Å². The van der Waals surface area contributed by atoms with Gasteiger partial charge in [-0.15, -0.1) is 11.3 Å². The van der Waals surface area contributed by atoms with E-state index in [4.69, 9.17) is 0 Å². The van der Waals surface area contributed by atoms with E-state index in [0.29, 0.717) is 0 Å². The van der Waals surface area contributed by atoms with Crippen LogP contribution in [0.2, 0.25) is 0 Å². The normalized spacial score (nSPS) is 11.6. The Balaban J connectivity index is 1.38. The van der Waals surface area contributed by atoms with Crippen LogP contribution in [0.1, 0.15) is 0 Å². The molecule has 1 heterocycles. The van der Waals surface area contributed by atoms with Crippen molar-refractivity contribution in [3.8, 4) is 44.5 Å². The number of benzene rings is 8. The predicted octanol–water partition coefficient (Wildman–Crippen LogP) is 13.0. The average Bonchev–Trinajstić information content (AvgIpc) is 3.50. The molecular formula is C44H28S. The van der Waals surface area contributed by atoms with Gasteiger partial charge in [-0.1, -0.05) is 158 Å². The van der Waals surface area contributed by atoms with E-state index in [0.717, 1.165) is 0 Å². The maximum Gasteiger partial charge on any atom is 0.0362 e. The van der Waals surface area contributed by atoms with Crippen LogP contribution in [0, 0.1) is 0 Å². The molecule has 9 aromatic rings. The Hall–Kier alpha value is -5.50. The van der Waals surface area contributed by atoms with Gasteiger partial charge in [0.2, 0.25) is 0 Å². The van der Waals surface area contributed by atoms with Crippen molar-refractivity contribution in [2.45, 2.75) is 0 Å². The predicted molar refractivity (Wildman–Crippen MR) is 196 cm³/mol. The Kier molecular flexibility index (Phi) is 6.11. The molecule has 0 nitrogen and oxygen atoms in total. The number of thiophene rings is 1. The fourth-order valence-electron chi connectivity index (χ4n) is 7.12. The van der Waals surface area contributed by atoms with Crippen LogP contribution in [0.15, 0.2) is 170 Å². The molecule has 0 aliphatic carbocycles. The van der Waals surface area contributed by atoms with Gasteiger partial charge < -0.3 is 0 Å². The minimum atomic E-state index is 1.23. The van der Waals surface area contributed by atoms with E-state index in [9.17, 15) is 0 Å². The molecule has 0 radical (unpaired) electrons. The van der Waals surface area contributed by atoms with Gasteiger partial charge in [0.25, 0.3) is 0 Å². The van der Waals surface area contributed by atoms with E-state index in [2.05, 4.69) is 170 Å². The van der Waals surface area contributed by atoms with Crippen LogP contribution in [-0.2, 0) is 0 Å². The average molecular weight is 589 g/mol. The highest BCUT2D eigenvalue weighted by atomic mass is 32.1. The van der Waals surface area contributed by atoms with Gasteiger partial charge in [-0.3, -0.25) is 0 Å². The van der Waals surface area contributed by atoms with Crippen molar-refractivity contribution in [1.29, 1.82) is 0 Å². The van der Waals surface area contributed by atoms with E-state index in [1.807, 2.05) is 11.3 Å². The molecule has 1 aromatic heterocycles. The molecule has 0 fully saturated rings. The van der Waals surface area contributed by atoms with Gasteiger partial charge in [0.1, 0.15) is 0 Å². The van der Waals surface area contributed by atoms with Crippen LogP contribution < -0.4 is 0 Å². The summed E-state index contributed by atoms with van der Waals surface area (Å²) in [7, 11) is 0. The van der Waals surface area contributed by atoms with Crippen molar-refractivity contribution in [3.63, 3.8) is 0 Å². The summed E-state index contributed by atoms with van der Waals surface area (Å²) >= 11 is 1.88. The van der Waals surface area contributed by atoms with Crippen molar-refractivity contribution in [3.05, 3.63) is 170 Å². The molecule has 0 spiro atoms. The van der Waals surface area contributed by atoms with Crippen LogP contribution in [0.4, 0.5) is 0 Å². The molecule has 0 saturated carbocycles. The summed E-state index contributed by atoms with van der Waals surface area (Å²) in [6.45, 7) is 0. The van der Waals surface area contributed by atoms with Crippen LogP contribution in [-0.4, -0.2) is 0 Å². The Morgan fingerprint density at radius 3 is 1.33 bits per heavy atom. The number of rotatable bonds is 4. The summed E-state index contributed by atoms with van der Waals surface area (Å²) in [5.74, 6) is 0. The summed E-state index contributed by atoms with van der Waals surface area (Å²) in [6, 6.07) is 62.1. The summed E-state index contributed by atoms with van der Waals surface area (Å²) in [6.07, 6.45) is 0. The first-order chi connectivity index (χ1) is 22.3. The lowest BCUT2D eigenvalue weighted by Crippen LogP contribution is -1.93. The second-order valence-corrected chi connectivity index (χ2v) is 12.7. The molecule has 0 unspecified atom stereocenters. The van der Waals surface area contributed by atoms with Crippen LogP contribution >= 0.6 is 11.3 Å². The Bertz CT molecular complexity index is 2450. The highest BCUT2D eigenvalue weighted by Crippen LogP contribution is 2.50. The van der Waals surface area contributed by atoms with Crippen molar-refractivity contribution < 1.29 is 0 Å². The second kappa shape index (κ2) is 10.6. The zero-order valence-corrected chi connectivity index (χ0v) is 25.4. The molecule has 0 saturated heterocycles. The van der Waals surface area contributed by atoms with Gasteiger partial charge >= 0.3 is 0 Å². The fraction of sp³-hybridized carbons (Fsp3) is 0. The zero-order chi connectivity index (χ0) is 29.7. The third-order valence-corrected chi connectivity index (χ3v) is 10.2. The summed E-state index contributed by atoms with van der Waals surface area (Å²) in [5.41, 5.74) is 10.1. The molecule has 0 bridgehead atoms. The van der Waals surface area contributed by atoms with E-state index >= 15 is 0 Å². The number of hydrogen-bond donors (Lipinski definition) is 0. The SMILES string of the molecule is c1ccc(-c2ccc(-c3c4ccccc4c(-c4ccc5sc6ccccc6c5c4-c4ccccc4)c4ccccc34)cc2)cc1. The molecule has 45 heavy (non-hydrogen) atoms. The number of fused-ring (bicyclic) bond motifs is 5. The number of hydrogen-bond acceptors (Lipinski definition) is 1. The molecular weight excluding hydrogens is 561 g/mol. The smallest absolute Gasteiger partial charge is 0.0362 e. The highest BCUT2D eigenvalue weighted by Gasteiger charge is 2.21. The van der Waals surface area contributed by atoms with E-state index in [1.54, 1.807) is 0 Å². The van der Waals surface area contributed by atoms with Gasteiger partial charge in [0, 0.05) is 20.2 Å². The maximum atomic E-state index is 2.36. The van der Waals surface area contributed by atoms with Gasteiger partial charge in [-0.25, -0.2) is 0 Å². The second-order valence-electron chi connectivity index (χ2n) is 11.6. The third kappa shape index (κ3) is 4.20. The quantitative estimate of drug-likeness (QED) is 0.179. The topological polar surface area (TPSA) is 0 Å². The first kappa shape index (κ1) is 25.9. The molecule has 0 amide bonds. The van der Waals surface area contributed by atoms with E-state index in [-0.39, 0.29) is 0 Å². The van der Waals surface area contributed by atoms with Crippen molar-refractivity contribution in [2.75, 3.05) is 0 Å². The Labute approximate surface area is 266 Å². The molecule has 9 rings (SSSR count). The molecule has 210 valence electrons. The zero-order valence-electron chi connectivity index (χ0n) is 24.6. The largest absolute Gasteiger partial charge is 0.135 e. The molecule has 0 N–H and O–H groups in total. The minimum Gasteiger partial charge on any atom is -0.135 e. The lowest BCUT2D eigenvalue weighted by Gasteiger charge is -2.20. The van der Waals surface area contributed by atoms with Crippen molar-refractivity contribution in [2.24, 2.45) is 0 Å². The lowest BCUT2D eigenvalue weighted by molar-refractivity contribution is 1.61. The Morgan fingerprint density at radius 1 is 0.267 bits per heavy atom. The van der Waals surface area contributed by atoms with E-state index < -0.39 is 0 Å². The molecule has 1 heteroatoms. The molecule has 0 aliphatic rings. The summed E-state index contributed by atoms with van der Waals surface area (Å²) in [5, 5.41) is 7.75. The van der Waals surface area contributed by atoms with Crippen LogP contribution in [0.5, 0.6) is 0 Å². The van der Waals surface area contributed by atoms with Gasteiger partial charge in [-0.05, 0) is 78.2 Å². The fourth-order valence-corrected chi connectivity index (χ4v) is 8.23. The Morgan fingerprint density at radius 2 is 0.711 bits per heavy atom. The highest BCUT2D eigenvalue weighted by molar-refractivity contribution is 7.26. The van der Waals surface area contributed by atoms with Gasteiger partial charge in [0.05, 0.1) is 0 Å². The van der Waals surface area contributed by atoms with Gasteiger partial charge in [-0.2, -0.15) is 0 Å². The third-order valence-electron chi connectivity index (χ3n) is 9.09. The van der Waals surface area contributed by atoms with Crippen LogP contribution in [0.3, 0.4) is 0 Å². The molecule has 0 aliphatic heterocycles. The van der Waals surface area contributed by atoms with Gasteiger partial charge in [0.15, 0.2) is 0 Å². The van der Waals surface area contributed by atoms with Crippen molar-refractivity contribution in [1.82, 2.24) is 0 Å². The maximum absolute atomic E-state index is 2.36. The summed E-state index contributed by atoms with van der Waals surface area (Å²) < 4.78 is 2.65. The minimum absolute atomic E-state index is 1.23. The molecule has 0 atom stereocenters. The summed E-state index contributed by atoms with van der Waals surface area (Å²) in [4.78, 5) is 0. The van der Waals surface area contributed by atoms with E-state index in [1.165, 1.54) is 86.2 Å². The van der Waals surface area contributed by atoms with Crippen molar-refractivity contribution >= 4 is 53.1 Å². The monoisotopic (exact) mass is 588 g/mol. The standard InChI is InChI=1S/C44H28S/c1-3-13-29(14-4-1)30-23-25-32(26-24-30)41-33-17-7-9-19-35(33)43(36-20-10-8-18-34(36)41)38-27-28-40-44(37-21-11-12-22-39(37)45-40)42(38)31-15-5-2-6-16-31/h1-28H.